The molecule has 0 bridgehead atoms. The van der Waals surface area contributed by atoms with Gasteiger partial charge >= 0.3 is 0 Å². The molecule has 0 saturated carbocycles. The number of benzene rings is 1. The monoisotopic (exact) mass is 427 g/mol. The van der Waals surface area contributed by atoms with Crippen LogP contribution in [0.2, 0.25) is 5.02 Å². The van der Waals surface area contributed by atoms with Crippen LogP contribution in [0, 0.1) is 0 Å². The Morgan fingerprint density at radius 3 is 2.58 bits per heavy atom. The third kappa shape index (κ3) is 3.35. The third-order valence-corrected chi connectivity index (χ3v) is 5.28. The van der Waals surface area contributed by atoms with E-state index in [0.717, 1.165) is 6.26 Å². The lowest BCUT2D eigenvalue weighted by Gasteiger charge is -2.03. The van der Waals surface area contributed by atoms with Gasteiger partial charge in [-0.1, -0.05) is 11.6 Å². The highest BCUT2D eigenvalue weighted by Gasteiger charge is 2.24. The second-order valence-electron chi connectivity index (χ2n) is 5.25. The topological polar surface area (TPSA) is 92.8 Å². The number of H-pyrrole nitrogens is 1. The number of aromatic amines is 1. The number of carbonyl (C=O) groups excluding carboxylic acids is 1. The number of aromatic nitrogens is 3. The summed E-state index contributed by atoms with van der Waals surface area (Å²) >= 11 is 9.49. The molecule has 0 aliphatic rings. The molecule has 6 nitrogen and oxygen atoms in total. The van der Waals surface area contributed by atoms with E-state index >= 15 is 0 Å². The number of ketones is 1. The minimum Gasteiger partial charge on any atom is -0.351 e. The standard InChI is InChI=1S/C15H11BrClN3O3S/c1-24(22,23)7-12(21)14-13(15-18-3-2-4-19-15)8-5-10(17)9(16)6-11(8)20-14/h2-6,20H,7H2,1H3. The zero-order valence-electron chi connectivity index (χ0n) is 12.4. The van der Waals surface area contributed by atoms with Gasteiger partial charge in [0.05, 0.1) is 16.3 Å². The minimum absolute atomic E-state index is 0.149. The summed E-state index contributed by atoms with van der Waals surface area (Å²) in [7, 11) is -3.47. The van der Waals surface area contributed by atoms with Gasteiger partial charge in [0.15, 0.2) is 21.4 Å². The molecule has 0 unspecified atom stereocenters. The van der Waals surface area contributed by atoms with Gasteiger partial charge in [-0.25, -0.2) is 18.4 Å². The maximum Gasteiger partial charge on any atom is 0.194 e. The number of carbonyl (C=O) groups is 1. The Bertz CT molecular complexity index is 1050. The number of sulfone groups is 1. The number of hydrogen-bond acceptors (Lipinski definition) is 5. The lowest BCUT2D eigenvalue weighted by Crippen LogP contribution is -2.15. The highest BCUT2D eigenvalue weighted by molar-refractivity contribution is 9.10. The Morgan fingerprint density at radius 1 is 1.29 bits per heavy atom. The number of nitrogens with one attached hydrogen (secondary N) is 1. The summed E-state index contributed by atoms with van der Waals surface area (Å²) in [5.74, 6) is -0.837. The molecule has 3 rings (SSSR count). The molecule has 0 saturated heterocycles. The highest BCUT2D eigenvalue weighted by atomic mass is 79.9. The Hall–Kier alpha value is -1.77. The van der Waals surface area contributed by atoms with Crippen LogP contribution in [0.5, 0.6) is 0 Å². The summed E-state index contributed by atoms with van der Waals surface area (Å²) in [6.07, 6.45) is 4.11. The predicted octanol–water partition coefficient (Wildman–Crippen LogP) is 3.27. The number of hydrogen-bond donors (Lipinski definition) is 1. The second-order valence-corrected chi connectivity index (χ2v) is 8.65. The number of rotatable bonds is 4. The first kappa shape index (κ1) is 17.1. The first-order valence-electron chi connectivity index (χ1n) is 6.75. The van der Waals surface area contributed by atoms with E-state index in [0.29, 0.717) is 31.8 Å². The van der Waals surface area contributed by atoms with E-state index in [-0.39, 0.29) is 5.69 Å². The zero-order chi connectivity index (χ0) is 17.5. The Labute approximate surface area is 151 Å². The third-order valence-electron chi connectivity index (χ3n) is 3.30. The molecule has 9 heteroatoms. The summed E-state index contributed by atoms with van der Waals surface area (Å²) in [5.41, 5.74) is 1.22. The van der Waals surface area contributed by atoms with Crippen molar-refractivity contribution in [1.82, 2.24) is 15.0 Å². The van der Waals surface area contributed by atoms with Crippen molar-refractivity contribution in [3.63, 3.8) is 0 Å². The highest BCUT2D eigenvalue weighted by Crippen LogP contribution is 2.35. The van der Waals surface area contributed by atoms with Crippen molar-refractivity contribution in [2.75, 3.05) is 12.0 Å². The van der Waals surface area contributed by atoms with E-state index in [1.165, 1.54) is 0 Å². The molecule has 2 heterocycles. The van der Waals surface area contributed by atoms with Crippen LogP contribution in [0.4, 0.5) is 0 Å². The van der Waals surface area contributed by atoms with Gasteiger partial charge in [0.2, 0.25) is 0 Å². The molecule has 0 aliphatic carbocycles. The van der Waals surface area contributed by atoms with Crippen LogP contribution in [0.3, 0.4) is 0 Å². The molecule has 0 radical (unpaired) electrons. The molecule has 1 aromatic carbocycles. The second kappa shape index (κ2) is 6.27. The molecule has 2 aromatic heterocycles. The molecule has 124 valence electrons. The minimum atomic E-state index is -3.47. The van der Waals surface area contributed by atoms with Gasteiger partial charge in [-0.15, -0.1) is 0 Å². The van der Waals surface area contributed by atoms with Crippen LogP contribution in [0.1, 0.15) is 10.5 Å². The molecular weight excluding hydrogens is 418 g/mol. The first-order valence-corrected chi connectivity index (χ1v) is 9.98. The summed E-state index contributed by atoms with van der Waals surface area (Å²) in [6.45, 7) is 0. The molecule has 0 aliphatic heterocycles. The molecule has 0 amide bonds. The van der Waals surface area contributed by atoms with Crippen LogP contribution >= 0.6 is 27.5 Å². The van der Waals surface area contributed by atoms with Gasteiger partial charge in [0.1, 0.15) is 5.75 Å². The van der Waals surface area contributed by atoms with Crippen LogP contribution in [0.15, 0.2) is 35.1 Å². The van der Waals surface area contributed by atoms with Gasteiger partial charge in [0, 0.05) is 34.0 Å². The van der Waals surface area contributed by atoms with Crippen molar-refractivity contribution in [2.24, 2.45) is 0 Å². The number of Topliss-reactive ketones (excluding diaryl/α,β-unsaturated/α-hetero) is 1. The summed E-state index contributed by atoms with van der Waals surface area (Å²) in [5, 5.41) is 1.10. The van der Waals surface area contributed by atoms with E-state index in [2.05, 4.69) is 30.9 Å². The largest absolute Gasteiger partial charge is 0.351 e. The number of halogens is 2. The molecule has 1 N–H and O–H groups in total. The average Bonchev–Trinajstić information content (AvgIpc) is 2.85. The smallest absolute Gasteiger partial charge is 0.194 e. The molecule has 0 atom stereocenters. The fourth-order valence-electron chi connectivity index (χ4n) is 2.37. The van der Waals surface area contributed by atoms with E-state index in [1.807, 2.05) is 0 Å². The van der Waals surface area contributed by atoms with Crippen LogP contribution < -0.4 is 0 Å². The summed E-state index contributed by atoms with van der Waals surface area (Å²) in [6, 6.07) is 5.06. The van der Waals surface area contributed by atoms with Crippen molar-refractivity contribution in [1.29, 1.82) is 0 Å². The van der Waals surface area contributed by atoms with E-state index < -0.39 is 21.4 Å². The van der Waals surface area contributed by atoms with E-state index in [4.69, 9.17) is 11.6 Å². The van der Waals surface area contributed by atoms with Crippen molar-refractivity contribution in [2.45, 2.75) is 0 Å². The maximum absolute atomic E-state index is 12.5. The van der Waals surface area contributed by atoms with Crippen LogP contribution in [-0.4, -0.2) is 41.2 Å². The van der Waals surface area contributed by atoms with E-state index in [1.54, 1.807) is 30.6 Å². The van der Waals surface area contributed by atoms with Crippen molar-refractivity contribution in [3.05, 3.63) is 45.8 Å². The fraction of sp³-hybridized carbons (Fsp3) is 0.133. The van der Waals surface area contributed by atoms with Gasteiger partial charge in [-0.05, 0) is 34.1 Å². The van der Waals surface area contributed by atoms with Gasteiger partial charge in [-0.3, -0.25) is 4.79 Å². The van der Waals surface area contributed by atoms with E-state index in [9.17, 15) is 13.2 Å². The molecule has 0 fully saturated rings. The fourth-order valence-corrected chi connectivity index (χ4v) is 3.50. The Morgan fingerprint density at radius 2 is 1.96 bits per heavy atom. The average molecular weight is 429 g/mol. The van der Waals surface area contributed by atoms with Crippen LogP contribution in [0.25, 0.3) is 22.3 Å². The van der Waals surface area contributed by atoms with Crippen LogP contribution in [-0.2, 0) is 9.84 Å². The summed E-state index contributed by atoms with van der Waals surface area (Å²) in [4.78, 5) is 23.8. The SMILES string of the molecule is CS(=O)(=O)CC(=O)c1[nH]c2cc(Br)c(Cl)cc2c1-c1ncccn1. The lowest BCUT2D eigenvalue weighted by molar-refractivity contribution is 0.101. The molecular formula is C15H11BrClN3O3S. The quantitative estimate of drug-likeness (QED) is 0.644. The maximum atomic E-state index is 12.5. The molecule has 3 aromatic rings. The summed E-state index contributed by atoms with van der Waals surface area (Å²) < 4.78 is 23.6. The van der Waals surface area contributed by atoms with Crippen molar-refractivity contribution in [3.8, 4) is 11.4 Å². The van der Waals surface area contributed by atoms with Crippen molar-refractivity contribution >= 4 is 54.1 Å². The van der Waals surface area contributed by atoms with Gasteiger partial charge < -0.3 is 4.98 Å². The Kier molecular flexibility index (Phi) is 4.46. The predicted molar refractivity (Wildman–Crippen MR) is 96.1 cm³/mol. The number of nitrogens with zero attached hydrogens (tertiary/aromatic N) is 2. The number of fused-ring (bicyclic) bond motifs is 1. The molecule has 0 spiro atoms. The van der Waals surface area contributed by atoms with Gasteiger partial charge in [0.25, 0.3) is 0 Å². The molecule has 24 heavy (non-hydrogen) atoms. The Balaban J connectivity index is 2.30. The van der Waals surface area contributed by atoms with Crippen molar-refractivity contribution < 1.29 is 13.2 Å². The zero-order valence-corrected chi connectivity index (χ0v) is 15.5. The van der Waals surface area contributed by atoms with Gasteiger partial charge in [-0.2, -0.15) is 0 Å². The first-order chi connectivity index (χ1) is 11.3. The normalized spacial score (nSPS) is 11.8. The lowest BCUT2D eigenvalue weighted by atomic mass is 10.1.